The van der Waals surface area contributed by atoms with Gasteiger partial charge in [-0.2, -0.15) is 0 Å². The van der Waals surface area contributed by atoms with Crippen molar-refractivity contribution >= 4 is 35.6 Å². The first-order valence-electron chi connectivity index (χ1n) is 12.7. The molecule has 0 saturated carbocycles. The number of aromatic nitrogens is 3. The summed E-state index contributed by atoms with van der Waals surface area (Å²) >= 11 is 1.12. The lowest BCUT2D eigenvalue weighted by Gasteiger charge is -2.44. The fraction of sp³-hybridized carbons (Fsp3) is 0.538. The maximum Gasteiger partial charge on any atom is 0.303 e. The molecule has 5 atom stereocenters. The minimum absolute atomic E-state index is 0.158. The molecule has 3 rings (SSSR count). The van der Waals surface area contributed by atoms with Gasteiger partial charge in [0.05, 0.1) is 0 Å². The number of rotatable bonds is 11. The van der Waals surface area contributed by atoms with Gasteiger partial charge in [-0.1, -0.05) is 29.5 Å². The lowest BCUT2D eigenvalue weighted by molar-refractivity contribution is -0.211. The molecular formula is C26H34N4O9S. The molecule has 0 radical (unpaired) electrons. The third-order valence-electron chi connectivity index (χ3n) is 5.79. The molecule has 14 heteroatoms. The summed E-state index contributed by atoms with van der Waals surface area (Å²) in [6.45, 7) is 9.18. The highest BCUT2D eigenvalue weighted by molar-refractivity contribution is 7.99. The largest absolute Gasteiger partial charge is 0.486 e. The fourth-order valence-electron chi connectivity index (χ4n) is 4.11. The number of aryl methyl sites for hydroxylation is 1. The molecule has 0 aliphatic carbocycles. The zero-order chi connectivity index (χ0) is 29.4. The van der Waals surface area contributed by atoms with E-state index >= 15 is 0 Å². The minimum Gasteiger partial charge on any atom is -0.486 e. The summed E-state index contributed by atoms with van der Waals surface area (Å²) in [7, 11) is 0. The van der Waals surface area contributed by atoms with E-state index in [9.17, 15) is 19.2 Å². The number of nitrogens with zero attached hydrogens (tertiary/aromatic N) is 3. The van der Waals surface area contributed by atoms with Crippen LogP contribution in [0.1, 0.15) is 46.0 Å². The Labute approximate surface area is 236 Å². The first-order valence-corrected chi connectivity index (χ1v) is 13.5. The monoisotopic (exact) mass is 578 g/mol. The number of carbonyl (C=O) groups excluding carboxylic acids is 4. The molecule has 13 nitrogen and oxygen atoms in total. The number of thioether (sulfide) groups is 1. The van der Waals surface area contributed by atoms with Crippen LogP contribution in [0.15, 0.2) is 29.4 Å². The molecule has 2 heterocycles. The zero-order valence-electron chi connectivity index (χ0n) is 23.2. The smallest absolute Gasteiger partial charge is 0.303 e. The van der Waals surface area contributed by atoms with Gasteiger partial charge in [-0.15, -0.1) is 10.2 Å². The molecule has 2 aromatic rings. The van der Waals surface area contributed by atoms with E-state index in [1.807, 2.05) is 42.7 Å². The average molecular weight is 579 g/mol. The van der Waals surface area contributed by atoms with Crippen LogP contribution >= 0.6 is 11.8 Å². The van der Waals surface area contributed by atoms with Crippen LogP contribution in [0.4, 0.5) is 0 Å². The Balaban J connectivity index is 1.92. The lowest BCUT2D eigenvalue weighted by Crippen LogP contribution is -2.65. The summed E-state index contributed by atoms with van der Waals surface area (Å²) < 4.78 is 30.1. The summed E-state index contributed by atoms with van der Waals surface area (Å²) in [6, 6.07) is 6.66. The van der Waals surface area contributed by atoms with Crippen LogP contribution in [0.5, 0.6) is 5.75 Å². The quantitative estimate of drug-likeness (QED) is 0.306. The van der Waals surface area contributed by atoms with Crippen LogP contribution in [0.25, 0.3) is 0 Å². The van der Waals surface area contributed by atoms with Crippen LogP contribution in [-0.4, -0.2) is 75.0 Å². The zero-order valence-corrected chi connectivity index (χ0v) is 24.1. The van der Waals surface area contributed by atoms with Crippen LogP contribution < -0.4 is 10.1 Å². The highest BCUT2D eigenvalue weighted by Gasteiger charge is 2.51. The van der Waals surface area contributed by atoms with Crippen LogP contribution in [0, 0.1) is 6.92 Å². The fourth-order valence-corrected chi connectivity index (χ4v) is 5.33. The molecule has 1 amide bonds. The maximum absolute atomic E-state index is 12.2. The van der Waals surface area contributed by atoms with Crippen molar-refractivity contribution in [1.29, 1.82) is 0 Å². The average Bonchev–Trinajstić information content (AvgIpc) is 3.26. The number of carbonyl (C=O) groups is 4. The van der Waals surface area contributed by atoms with Crippen molar-refractivity contribution in [3.63, 3.8) is 0 Å². The van der Waals surface area contributed by atoms with Gasteiger partial charge < -0.3 is 33.6 Å². The maximum atomic E-state index is 12.2. The van der Waals surface area contributed by atoms with Crippen LogP contribution in [-0.2, 0) is 51.3 Å². The van der Waals surface area contributed by atoms with Gasteiger partial charge >= 0.3 is 17.9 Å². The first-order chi connectivity index (χ1) is 19.0. The second-order valence-electron chi connectivity index (χ2n) is 9.08. The first kappa shape index (κ1) is 30.9. The number of hydrogen-bond donors (Lipinski definition) is 1. The minimum atomic E-state index is -1.17. The van der Waals surface area contributed by atoms with Crippen molar-refractivity contribution in [2.45, 2.75) is 89.6 Å². The van der Waals surface area contributed by atoms with E-state index in [4.69, 9.17) is 23.7 Å². The lowest BCUT2D eigenvalue weighted by atomic mass is 9.97. The van der Waals surface area contributed by atoms with Gasteiger partial charge in [0.15, 0.2) is 23.2 Å². The Morgan fingerprint density at radius 3 is 2.20 bits per heavy atom. The van der Waals surface area contributed by atoms with E-state index in [2.05, 4.69) is 15.5 Å². The third-order valence-corrected chi connectivity index (χ3v) is 6.94. The number of amides is 1. The van der Waals surface area contributed by atoms with Crippen molar-refractivity contribution in [2.24, 2.45) is 0 Å². The van der Waals surface area contributed by atoms with Gasteiger partial charge in [0.25, 0.3) is 0 Å². The van der Waals surface area contributed by atoms with Gasteiger partial charge in [-0.05, 0) is 26.0 Å². The molecular weight excluding hydrogens is 544 g/mol. The molecule has 1 aliphatic rings. The summed E-state index contributed by atoms with van der Waals surface area (Å²) in [5, 5.41) is 11.8. The van der Waals surface area contributed by atoms with Gasteiger partial charge in [-0.3, -0.25) is 19.2 Å². The second kappa shape index (κ2) is 14.1. The standard InChI is InChI=1S/C26H34N4O9S/c1-7-30-21(13-36-19-10-8-14(2)9-11-19)28-29-26(30)40-25-22(27-15(3)31)24(38-18(6)34)23(37-17(5)33)20(39-25)12-35-16(4)32/h8-11,20,22-25H,7,12-13H2,1-6H3,(H,27,31)/t20-,22+,23+,24-,25+/m1/s1. The van der Waals surface area contributed by atoms with Crippen molar-refractivity contribution in [3.8, 4) is 5.75 Å². The predicted octanol–water partition coefficient (Wildman–Crippen LogP) is 1.93. The summed E-state index contributed by atoms with van der Waals surface area (Å²) in [4.78, 5) is 47.8. The van der Waals surface area contributed by atoms with Gasteiger partial charge in [0, 0.05) is 34.2 Å². The molecule has 1 aromatic heterocycles. The van der Waals surface area contributed by atoms with E-state index < -0.39 is 53.6 Å². The Bertz CT molecular complexity index is 1200. The Kier molecular flexibility index (Phi) is 10.9. The molecule has 0 unspecified atom stereocenters. The predicted molar refractivity (Wildman–Crippen MR) is 141 cm³/mol. The van der Waals surface area contributed by atoms with Gasteiger partial charge in [-0.25, -0.2) is 0 Å². The Morgan fingerprint density at radius 2 is 1.62 bits per heavy atom. The topological polar surface area (TPSA) is 157 Å². The molecule has 218 valence electrons. The van der Waals surface area contributed by atoms with Gasteiger partial charge in [0.1, 0.15) is 36.5 Å². The van der Waals surface area contributed by atoms with E-state index in [1.54, 1.807) is 0 Å². The van der Waals surface area contributed by atoms with Gasteiger partial charge in [0.2, 0.25) is 5.91 Å². The number of hydrogen-bond acceptors (Lipinski definition) is 12. The normalized spacial score (nSPS) is 22.2. The van der Waals surface area contributed by atoms with Crippen LogP contribution in [0.2, 0.25) is 0 Å². The van der Waals surface area contributed by atoms with Crippen molar-refractivity contribution in [2.75, 3.05) is 6.61 Å². The van der Waals surface area contributed by atoms with E-state index in [1.165, 1.54) is 27.7 Å². The summed E-state index contributed by atoms with van der Waals surface area (Å²) in [5.74, 6) is -1.10. The molecule has 40 heavy (non-hydrogen) atoms. The highest BCUT2D eigenvalue weighted by atomic mass is 32.2. The third kappa shape index (κ3) is 8.42. The molecule has 1 aromatic carbocycles. The SMILES string of the molecule is CCn1c(COc2ccc(C)cc2)nnc1S[C@@H]1O[C@H](COC(C)=O)[C@H](OC(C)=O)[C@H](OC(C)=O)[C@@H]1NC(C)=O. The van der Waals surface area contributed by atoms with Crippen molar-refractivity contribution in [3.05, 3.63) is 35.7 Å². The van der Waals surface area contributed by atoms with Crippen LogP contribution in [0.3, 0.4) is 0 Å². The molecule has 0 bridgehead atoms. The highest BCUT2D eigenvalue weighted by Crippen LogP contribution is 2.36. The Hall–Kier alpha value is -3.65. The molecule has 1 N–H and O–H groups in total. The summed E-state index contributed by atoms with van der Waals surface area (Å²) in [5.41, 5.74) is 0.208. The number of benzene rings is 1. The Morgan fingerprint density at radius 1 is 0.975 bits per heavy atom. The van der Waals surface area contributed by atoms with Crippen molar-refractivity contribution in [1.82, 2.24) is 20.1 Å². The van der Waals surface area contributed by atoms with E-state index in [-0.39, 0.29) is 13.2 Å². The molecule has 1 saturated heterocycles. The van der Waals surface area contributed by atoms with E-state index in [0.29, 0.717) is 23.3 Å². The van der Waals surface area contributed by atoms with E-state index in [0.717, 1.165) is 17.3 Å². The second-order valence-corrected chi connectivity index (χ2v) is 10.1. The summed E-state index contributed by atoms with van der Waals surface area (Å²) in [6.07, 6.45) is -3.33. The number of esters is 3. The molecule has 0 spiro atoms. The number of nitrogens with one attached hydrogen (secondary N) is 1. The number of ether oxygens (including phenoxy) is 5. The molecule has 1 fully saturated rings. The molecule has 1 aliphatic heterocycles. The van der Waals surface area contributed by atoms with Crippen molar-refractivity contribution < 1.29 is 42.9 Å².